The molecule has 1 N–H and O–H groups in total. The van der Waals surface area contributed by atoms with Crippen LogP contribution >= 0.6 is 0 Å². The summed E-state index contributed by atoms with van der Waals surface area (Å²) in [7, 11) is 0. The third-order valence-corrected chi connectivity index (χ3v) is 5.03. The summed E-state index contributed by atoms with van der Waals surface area (Å²) in [6.45, 7) is 0.679. The van der Waals surface area contributed by atoms with E-state index in [0.717, 1.165) is 44.6 Å². The van der Waals surface area contributed by atoms with Crippen molar-refractivity contribution >= 4 is 11.4 Å². The third-order valence-electron chi connectivity index (χ3n) is 5.03. The summed E-state index contributed by atoms with van der Waals surface area (Å²) in [6, 6.07) is 4.33. The Kier molecular flexibility index (Phi) is 4.29. The van der Waals surface area contributed by atoms with E-state index >= 15 is 0 Å². The van der Waals surface area contributed by atoms with E-state index in [1.54, 1.807) is 6.07 Å². The van der Waals surface area contributed by atoms with E-state index in [9.17, 15) is 19.6 Å². The van der Waals surface area contributed by atoms with Gasteiger partial charge in [-0.25, -0.2) is 0 Å². The van der Waals surface area contributed by atoms with Crippen LogP contribution in [0.5, 0.6) is 0 Å². The highest BCUT2D eigenvalue weighted by atomic mass is 19.1. The van der Waals surface area contributed by atoms with Gasteiger partial charge in [0.15, 0.2) is 0 Å². The minimum absolute atomic E-state index is 0.0656. The molecule has 1 aromatic rings. The minimum atomic E-state index is -0.794. The van der Waals surface area contributed by atoms with E-state index in [2.05, 4.69) is 0 Å². The molecule has 1 aromatic carbocycles. The molecule has 120 valence electrons. The Labute approximate surface area is 128 Å². The zero-order valence-electron chi connectivity index (χ0n) is 12.4. The van der Waals surface area contributed by atoms with Crippen molar-refractivity contribution in [3.8, 4) is 0 Å². The van der Waals surface area contributed by atoms with Crippen LogP contribution in [-0.4, -0.2) is 28.7 Å². The first-order valence-corrected chi connectivity index (χ1v) is 7.97. The van der Waals surface area contributed by atoms with Gasteiger partial charge in [0, 0.05) is 18.5 Å². The second-order valence-electron chi connectivity index (χ2n) is 6.28. The molecule has 0 amide bonds. The Morgan fingerprint density at radius 3 is 2.73 bits per heavy atom. The van der Waals surface area contributed by atoms with Crippen LogP contribution in [0.2, 0.25) is 0 Å². The van der Waals surface area contributed by atoms with Gasteiger partial charge in [-0.1, -0.05) is 18.9 Å². The summed E-state index contributed by atoms with van der Waals surface area (Å²) in [6.07, 6.45) is 5.30. The Balaban J connectivity index is 1.93. The van der Waals surface area contributed by atoms with E-state index < -0.39 is 16.4 Å². The van der Waals surface area contributed by atoms with Crippen LogP contribution in [0, 0.1) is 21.8 Å². The van der Waals surface area contributed by atoms with Crippen LogP contribution in [0.4, 0.5) is 15.8 Å². The molecule has 0 unspecified atom stereocenters. The number of aliphatic hydroxyl groups excluding tert-OH is 1. The monoisotopic (exact) mass is 308 g/mol. The predicted molar refractivity (Wildman–Crippen MR) is 81.4 cm³/mol. The third kappa shape index (κ3) is 2.67. The molecule has 1 saturated heterocycles. The van der Waals surface area contributed by atoms with E-state index in [1.807, 2.05) is 4.90 Å². The highest BCUT2D eigenvalue weighted by molar-refractivity contribution is 5.65. The highest BCUT2D eigenvalue weighted by Crippen LogP contribution is 2.40. The number of hydrogen-bond acceptors (Lipinski definition) is 4. The maximum Gasteiger partial charge on any atom is 0.327 e. The van der Waals surface area contributed by atoms with Crippen LogP contribution in [-0.2, 0) is 0 Å². The van der Waals surface area contributed by atoms with Gasteiger partial charge in [0.25, 0.3) is 0 Å². The number of hydrogen-bond donors (Lipinski definition) is 1. The first-order valence-electron chi connectivity index (χ1n) is 7.97. The van der Waals surface area contributed by atoms with Gasteiger partial charge in [-0.05, 0) is 37.8 Å². The Morgan fingerprint density at radius 2 is 2.00 bits per heavy atom. The van der Waals surface area contributed by atoms with Crippen molar-refractivity contribution in [1.82, 2.24) is 0 Å². The van der Waals surface area contributed by atoms with Crippen molar-refractivity contribution < 1.29 is 14.4 Å². The molecular weight excluding hydrogens is 287 g/mol. The number of benzene rings is 1. The first-order chi connectivity index (χ1) is 10.6. The molecule has 1 aliphatic carbocycles. The lowest BCUT2D eigenvalue weighted by Gasteiger charge is -2.38. The van der Waals surface area contributed by atoms with Gasteiger partial charge in [-0.3, -0.25) is 10.1 Å². The lowest BCUT2D eigenvalue weighted by molar-refractivity contribution is -0.386. The van der Waals surface area contributed by atoms with Gasteiger partial charge in [0.05, 0.1) is 11.0 Å². The van der Waals surface area contributed by atoms with Gasteiger partial charge in [-0.2, -0.15) is 4.39 Å². The number of para-hydroxylation sites is 1. The Bertz CT molecular complexity index is 566. The molecule has 0 aromatic heterocycles. The highest BCUT2D eigenvalue weighted by Gasteiger charge is 2.39. The molecule has 6 heteroatoms. The molecule has 3 atom stereocenters. The second kappa shape index (κ2) is 6.20. The fourth-order valence-corrected chi connectivity index (χ4v) is 4.04. The summed E-state index contributed by atoms with van der Waals surface area (Å²) >= 11 is 0. The molecule has 3 rings (SSSR count). The molecule has 2 aliphatic rings. The molecule has 0 bridgehead atoms. The average molecular weight is 308 g/mol. The molecule has 1 aliphatic heterocycles. The standard InChI is InChI=1S/C16H21FN2O3/c17-12-6-3-7-14(16(12)19(21)22)18-10-4-8-13(18)11-5-1-2-9-15(11)20/h3,6-7,11,13,15,20H,1-2,4-5,8-10H2/t11-,13-,15+/m1/s1. The summed E-state index contributed by atoms with van der Waals surface area (Å²) < 4.78 is 13.9. The number of nitrogens with zero attached hydrogens (tertiary/aromatic N) is 2. The largest absolute Gasteiger partial charge is 0.393 e. The second-order valence-corrected chi connectivity index (χ2v) is 6.28. The topological polar surface area (TPSA) is 66.6 Å². The summed E-state index contributed by atoms with van der Waals surface area (Å²) in [5.74, 6) is -0.670. The SMILES string of the molecule is O=[N+]([O-])c1c(F)cccc1N1CCC[C@@H]1[C@H]1CCCC[C@@H]1O. The molecule has 2 fully saturated rings. The van der Waals surface area contributed by atoms with Crippen molar-refractivity contribution in [2.75, 3.05) is 11.4 Å². The molecule has 5 nitrogen and oxygen atoms in total. The maximum absolute atomic E-state index is 13.9. The summed E-state index contributed by atoms with van der Waals surface area (Å²) in [5, 5.41) is 21.5. The van der Waals surface area contributed by atoms with Crippen molar-refractivity contribution in [2.24, 2.45) is 5.92 Å². The lowest BCUT2D eigenvalue weighted by Crippen LogP contribution is -2.43. The smallest absolute Gasteiger partial charge is 0.327 e. The van der Waals surface area contributed by atoms with Gasteiger partial charge in [0.2, 0.25) is 5.82 Å². The van der Waals surface area contributed by atoms with Crippen LogP contribution in [0.3, 0.4) is 0 Å². The van der Waals surface area contributed by atoms with Crippen molar-refractivity contribution in [3.05, 3.63) is 34.1 Å². The van der Waals surface area contributed by atoms with Crippen LogP contribution in [0.1, 0.15) is 38.5 Å². The fourth-order valence-electron chi connectivity index (χ4n) is 4.04. The number of aliphatic hydroxyl groups is 1. The molecule has 1 heterocycles. The number of halogens is 1. The normalized spacial score (nSPS) is 28.8. The molecular formula is C16H21FN2O3. The quantitative estimate of drug-likeness (QED) is 0.687. The Hall–Kier alpha value is -1.69. The van der Waals surface area contributed by atoms with Crippen molar-refractivity contribution in [3.63, 3.8) is 0 Å². The fraction of sp³-hybridized carbons (Fsp3) is 0.625. The van der Waals surface area contributed by atoms with Crippen LogP contribution in [0.25, 0.3) is 0 Å². The van der Waals surface area contributed by atoms with E-state index in [-0.39, 0.29) is 18.1 Å². The van der Waals surface area contributed by atoms with Crippen molar-refractivity contribution in [2.45, 2.75) is 50.7 Å². The maximum atomic E-state index is 13.9. The van der Waals surface area contributed by atoms with Gasteiger partial charge >= 0.3 is 5.69 Å². The average Bonchev–Trinajstić information content (AvgIpc) is 2.96. The first kappa shape index (κ1) is 15.2. The van der Waals surface area contributed by atoms with E-state index in [0.29, 0.717) is 12.2 Å². The molecule has 0 radical (unpaired) electrons. The zero-order chi connectivity index (χ0) is 15.7. The number of nitro benzene ring substituents is 1. The van der Waals surface area contributed by atoms with Gasteiger partial charge in [0.1, 0.15) is 5.69 Å². The Morgan fingerprint density at radius 1 is 1.23 bits per heavy atom. The zero-order valence-corrected chi connectivity index (χ0v) is 12.4. The molecule has 22 heavy (non-hydrogen) atoms. The van der Waals surface area contributed by atoms with Crippen LogP contribution < -0.4 is 4.90 Å². The van der Waals surface area contributed by atoms with Gasteiger partial charge < -0.3 is 10.0 Å². The molecule has 0 spiro atoms. The minimum Gasteiger partial charge on any atom is -0.393 e. The van der Waals surface area contributed by atoms with Crippen molar-refractivity contribution in [1.29, 1.82) is 0 Å². The van der Waals surface area contributed by atoms with E-state index in [1.165, 1.54) is 6.07 Å². The molecule has 1 saturated carbocycles. The number of nitro groups is 1. The predicted octanol–water partition coefficient (Wildman–Crippen LogP) is 3.25. The number of anilines is 1. The summed E-state index contributed by atoms with van der Waals surface area (Å²) in [4.78, 5) is 12.5. The van der Waals surface area contributed by atoms with E-state index in [4.69, 9.17) is 0 Å². The summed E-state index contributed by atoms with van der Waals surface area (Å²) in [5.41, 5.74) is -0.0926. The number of rotatable bonds is 3. The van der Waals surface area contributed by atoms with Gasteiger partial charge in [-0.15, -0.1) is 0 Å². The lowest BCUT2D eigenvalue weighted by atomic mass is 9.80. The van der Waals surface area contributed by atoms with Crippen LogP contribution in [0.15, 0.2) is 18.2 Å².